The summed E-state index contributed by atoms with van der Waals surface area (Å²) in [5.41, 5.74) is 0.761. The van der Waals surface area contributed by atoms with Crippen LogP contribution in [-0.2, 0) is 14.6 Å². The maximum absolute atomic E-state index is 12.1. The summed E-state index contributed by atoms with van der Waals surface area (Å²) in [4.78, 5) is 11.1. The zero-order chi connectivity index (χ0) is 14.2. The van der Waals surface area contributed by atoms with E-state index in [2.05, 4.69) is 21.2 Å². The SMILES string of the molecule is CC1C(c2cccc(Br)c2)NC(C(=O)O)CS1(=O)=O. The number of sulfone groups is 1. The fraction of sp³-hybridized carbons (Fsp3) is 0.417. The van der Waals surface area contributed by atoms with Gasteiger partial charge in [0, 0.05) is 10.5 Å². The number of hydrogen-bond donors (Lipinski definition) is 2. The standard InChI is InChI=1S/C12H14BrNO4S/c1-7-11(8-3-2-4-9(13)5-8)14-10(12(15)16)6-19(7,17)18/h2-5,7,10-11,14H,6H2,1H3,(H,15,16). The van der Waals surface area contributed by atoms with Gasteiger partial charge >= 0.3 is 5.97 Å². The van der Waals surface area contributed by atoms with Crippen molar-refractivity contribution >= 4 is 31.7 Å². The van der Waals surface area contributed by atoms with Gasteiger partial charge in [0.15, 0.2) is 9.84 Å². The number of nitrogens with one attached hydrogen (secondary N) is 1. The summed E-state index contributed by atoms with van der Waals surface area (Å²) in [5, 5.41) is 11.3. The van der Waals surface area contributed by atoms with Gasteiger partial charge in [-0.3, -0.25) is 10.1 Å². The van der Waals surface area contributed by atoms with E-state index < -0.39 is 33.1 Å². The average molecular weight is 348 g/mol. The first kappa shape index (κ1) is 14.5. The van der Waals surface area contributed by atoms with Crippen molar-refractivity contribution in [1.29, 1.82) is 0 Å². The van der Waals surface area contributed by atoms with Crippen LogP contribution in [0.3, 0.4) is 0 Å². The largest absolute Gasteiger partial charge is 0.480 e. The summed E-state index contributed by atoms with van der Waals surface area (Å²) in [6.45, 7) is 1.60. The van der Waals surface area contributed by atoms with Crippen molar-refractivity contribution in [3.8, 4) is 0 Å². The molecule has 0 saturated carbocycles. The van der Waals surface area contributed by atoms with Gasteiger partial charge in [0.05, 0.1) is 11.0 Å². The highest BCUT2D eigenvalue weighted by molar-refractivity contribution is 9.10. The van der Waals surface area contributed by atoms with Gasteiger partial charge in [0.1, 0.15) is 6.04 Å². The summed E-state index contributed by atoms with van der Waals surface area (Å²) < 4.78 is 24.9. The molecule has 0 amide bonds. The van der Waals surface area contributed by atoms with Crippen molar-refractivity contribution in [3.63, 3.8) is 0 Å². The van der Waals surface area contributed by atoms with Crippen LogP contribution in [0.4, 0.5) is 0 Å². The van der Waals surface area contributed by atoms with Crippen molar-refractivity contribution in [1.82, 2.24) is 5.32 Å². The Labute approximate surface area is 120 Å². The number of carboxylic acid groups (broad SMARTS) is 1. The lowest BCUT2D eigenvalue weighted by Gasteiger charge is -2.34. The quantitative estimate of drug-likeness (QED) is 0.843. The van der Waals surface area contributed by atoms with Gasteiger partial charge in [-0.15, -0.1) is 0 Å². The second-order valence-corrected chi connectivity index (χ2v) is 7.94. The van der Waals surface area contributed by atoms with Gasteiger partial charge in [-0.2, -0.15) is 0 Å². The van der Waals surface area contributed by atoms with E-state index in [0.29, 0.717) is 0 Å². The molecule has 0 radical (unpaired) electrons. The third-order valence-electron chi connectivity index (χ3n) is 3.32. The van der Waals surface area contributed by atoms with Crippen LogP contribution in [0.5, 0.6) is 0 Å². The number of hydrogen-bond acceptors (Lipinski definition) is 4. The van der Waals surface area contributed by atoms with Crippen LogP contribution in [0, 0.1) is 0 Å². The van der Waals surface area contributed by atoms with Crippen LogP contribution in [0.1, 0.15) is 18.5 Å². The minimum absolute atomic E-state index is 0.367. The molecule has 1 fully saturated rings. The normalized spacial score (nSPS) is 29.9. The Morgan fingerprint density at radius 2 is 2.16 bits per heavy atom. The lowest BCUT2D eigenvalue weighted by atomic mass is 10.0. The zero-order valence-corrected chi connectivity index (χ0v) is 12.6. The summed E-state index contributed by atoms with van der Waals surface area (Å²) in [6.07, 6.45) is 0. The van der Waals surface area contributed by atoms with Crippen molar-refractivity contribution in [2.24, 2.45) is 0 Å². The Bertz CT molecular complexity index is 602. The maximum atomic E-state index is 12.1. The van der Waals surface area contributed by atoms with Crippen LogP contribution in [0.2, 0.25) is 0 Å². The number of halogens is 1. The molecule has 3 atom stereocenters. The maximum Gasteiger partial charge on any atom is 0.321 e. The number of carboxylic acids is 1. The fourth-order valence-corrected chi connectivity index (χ4v) is 4.28. The average Bonchev–Trinajstić information content (AvgIpc) is 2.32. The van der Waals surface area contributed by atoms with Crippen LogP contribution in [-0.4, -0.2) is 36.5 Å². The molecule has 2 rings (SSSR count). The Morgan fingerprint density at radius 3 is 2.74 bits per heavy atom. The lowest BCUT2D eigenvalue weighted by Crippen LogP contribution is -2.54. The number of rotatable bonds is 2. The molecule has 2 N–H and O–H groups in total. The molecule has 1 saturated heterocycles. The minimum Gasteiger partial charge on any atom is -0.480 e. The van der Waals surface area contributed by atoms with E-state index in [1.54, 1.807) is 25.1 Å². The molecule has 1 aromatic carbocycles. The Balaban J connectivity index is 2.40. The molecule has 5 nitrogen and oxygen atoms in total. The molecule has 1 aromatic rings. The van der Waals surface area contributed by atoms with Gasteiger partial charge in [0.25, 0.3) is 0 Å². The zero-order valence-electron chi connectivity index (χ0n) is 10.2. The van der Waals surface area contributed by atoms with Crippen LogP contribution >= 0.6 is 15.9 Å². The van der Waals surface area contributed by atoms with E-state index in [-0.39, 0.29) is 5.75 Å². The second kappa shape index (κ2) is 5.22. The molecule has 7 heteroatoms. The predicted octanol–water partition coefficient (Wildman–Crippen LogP) is 1.35. The smallest absolute Gasteiger partial charge is 0.321 e. The highest BCUT2D eigenvalue weighted by Gasteiger charge is 2.41. The number of benzene rings is 1. The van der Waals surface area contributed by atoms with Crippen molar-refractivity contribution in [2.75, 3.05) is 5.75 Å². The molecule has 0 bridgehead atoms. The number of aliphatic carboxylic acids is 1. The van der Waals surface area contributed by atoms with E-state index in [4.69, 9.17) is 5.11 Å². The predicted molar refractivity (Wildman–Crippen MR) is 74.7 cm³/mol. The van der Waals surface area contributed by atoms with E-state index in [1.807, 2.05) is 6.07 Å². The van der Waals surface area contributed by atoms with Crippen molar-refractivity contribution in [2.45, 2.75) is 24.3 Å². The van der Waals surface area contributed by atoms with E-state index in [9.17, 15) is 13.2 Å². The molecular formula is C12H14BrNO4S. The van der Waals surface area contributed by atoms with Gasteiger partial charge in [-0.25, -0.2) is 8.42 Å². The summed E-state index contributed by atoms with van der Waals surface area (Å²) in [6, 6.07) is 5.64. The topological polar surface area (TPSA) is 83.5 Å². The molecule has 1 heterocycles. The number of carbonyl (C=O) groups is 1. The van der Waals surface area contributed by atoms with Crippen molar-refractivity contribution < 1.29 is 18.3 Å². The van der Waals surface area contributed by atoms with Crippen molar-refractivity contribution in [3.05, 3.63) is 34.3 Å². The fourth-order valence-electron chi connectivity index (χ4n) is 2.20. The molecule has 1 aliphatic rings. The molecule has 3 unspecified atom stereocenters. The highest BCUT2D eigenvalue weighted by atomic mass is 79.9. The molecule has 0 spiro atoms. The first-order valence-corrected chi connectivity index (χ1v) is 8.28. The van der Waals surface area contributed by atoms with Gasteiger partial charge in [0.2, 0.25) is 0 Å². The molecular weight excluding hydrogens is 334 g/mol. The van der Waals surface area contributed by atoms with Crippen LogP contribution in [0.25, 0.3) is 0 Å². The molecule has 104 valence electrons. The molecule has 0 aliphatic carbocycles. The summed E-state index contributed by atoms with van der Waals surface area (Å²) in [5.74, 6) is -1.51. The third kappa shape index (κ3) is 2.98. The first-order valence-electron chi connectivity index (χ1n) is 5.77. The van der Waals surface area contributed by atoms with Gasteiger partial charge in [-0.1, -0.05) is 28.1 Å². The Morgan fingerprint density at radius 1 is 1.47 bits per heavy atom. The Hall–Kier alpha value is -0.920. The van der Waals surface area contributed by atoms with E-state index >= 15 is 0 Å². The lowest BCUT2D eigenvalue weighted by molar-refractivity contribution is -0.139. The summed E-state index contributed by atoms with van der Waals surface area (Å²) in [7, 11) is -3.42. The molecule has 0 aromatic heterocycles. The monoisotopic (exact) mass is 347 g/mol. The first-order chi connectivity index (χ1) is 8.81. The Kier molecular flexibility index (Phi) is 3.98. The summed E-state index contributed by atoms with van der Waals surface area (Å²) >= 11 is 3.33. The minimum atomic E-state index is -3.42. The van der Waals surface area contributed by atoms with Gasteiger partial charge < -0.3 is 5.11 Å². The van der Waals surface area contributed by atoms with Crippen LogP contribution in [0.15, 0.2) is 28.7 Å². The highest BCUT2D eigenvalue weighted by Crippen LogP contribution is 2.29. The van der Waals surface area contributed by atoms with E-state index in [1.165, 1.54) is 0 Å². The van der Waals surface area contributed by atoms with Gasteiger partial charge in [-0.05, 0) is 24.6 Å². The second-order valence-electron chi connectivity index (χ2n) is 4.62. The van der Waals surface area contributed by atoms with E-state index in [0.717, 1.165) is 10.0 Å². The third-order valence-corrected chi connectivity index (χ3v) is 6.02. The van der Waals surface area contributed by atoms with Crippen LogP contribution < -0.4 is 5.32 Å². The molecule has 19 heavy (non-hydrogen) atoms. The molecule has 1 aliphatic heterocycles.